The minimum absolute atomic E-state index is 0.294. The first-order chi connectivity index (χ1) is 10.1. The summed E-state index contributed by atoms with van der Waals surface area (Å²) in [7, 11) is 2.19. The lowest BCUT2D eigenvalue weighted by atomic mass is 9.84. The number of rotatable bonds is 7. The highest BCUT2D eigenvalue weighted by Gasteiger charge is 2.45. The van der Waals surface area contributed by atoms with Crippen molar-refractivity contribution in [2.45, 2.75) is 64.0 Å². The fourth-order valence-electron chi connectivity index (χ4n) is 3.45. The van der Waals surface area contributed by atoms with Crippen molar-refractivity contribution in [3.8, 4) is 0 Å². The van der Waals surface area contributed by atoms with Gasteiger partial charge in [-0.2, -0.15) is 0 Å². The molecule has 1 spiro atoms. The van der Waals surface area contributed by atoms with Gasteiger partial charge in [0.15, 0.2) is 5.79 Å². The van der Waals surface area contributed by atoms with Gasteiger partial charge in [0.1, 0.15) is 0 Å². The molecule has 0 aromatic rings. The first-order valence-corrected chi connectivity index (χ1v) is 8.39. The zero-order valence-corrected chi connectivity index (χ0v) is 14.1. The van der Waals surface area contributed by atoms with Crippen LogP contribution in [0.2, 0.25) is 0 Å². The van der Waals surface area contributed by atoms with E-state index in [4.69, 9.17) is 14.2 Å². The van der Waals surface area contributed by atoms with Gasteiger partial charge in [0.25, 0.3) is 0 Å². The van der Waals surface area contributed by atoms with E-state index < -0.39 is 0 Å². The smallest absolute Gasteiger partial charge is 0.170 e. The summed E-state index contributed by atoms with van der Waals surface area (Å²) in [6.45, 7) is 10.5. The number of hydrogen-bond acceptors (Lipinski definition) is 5. The predicted molar refractivity (Wildman–Crippen MR) is 83.5 cm³/mol. The zero-order valence-electron chi connectivity index (χ0n) is 14.1. The van der Waals surface area contributed by atoms with Crippen LogP contribution in [0.15, 0.2) is 0 Å². The summed E-state index contributed by atoms with van der Waals surface area (Å²) >= 11 is 0. The van der Waals surface area contributed by atoms with E-state index in [0.29, 0.717) is 18.2 Å². The lowest BCUT2D eigenvalue weighted by Crippen LogP contribution is -2.57. The second-order valence-electron chi connectivity index (χ2n) is 6.48. The summed E-state index contributed by atoms with van der Waals surface area (Å²) in [5.41, 5.74) is 0. The molecule has 2 fully saturated rings. The van der Waals surface area contributed by atoms with Crippen LogP contribution in [0.25, 0.3) is 0 Å². The van der Waals surface area contributed by atoms with Crippen LogP contribution >= 0.6 is 0 Å². The van der Waals surface area contributed by atoms with Gasteiger partial charge in [-0.1, -0.05) is 6.92 Å². The van der Waals surface area contributed by atoms with Crippen LogP contribution in [-0.2, 0) is 14.2 Å². The van der Waals surface area contributed by atoms with Crippen molar-refractivity contribution >= 4 is 0 Å². The van der Waals surface area contributed by atoms with Crippen LogP contribution in [0.4, 0.5) is 0 Å². The highest BCUT2D eigenvalue weighted by molar-refractivity contribution is 4.95. The molecule has 2 atom stereocenters. The van der Waals surface area contributed by atoms with Crippen LogP contribution in [-0.4, -0.2) is 68.8 Å². The van der Waals surface area contributed by atoms with Crippen molar-refractivity contribution in [2.24, 2.45) is 0 Å². The highest BCUT2D eigenvalue weighted by Crippen LogP contribution is 2.37. The van der Waals surface area contributed by atoms with Gasteiger partial charge in [-0.3, -0.25) is 4.90 Å². The molecule has 2 unspecified atom stereocenters. The normalized spacial score (nSPS) is 28.9. The van der Waals surface area contributed by atoms with Crippen molar-refractivity contribution < 1.29 is 14.2 Å². The zero-order chi connectivity index (χ0) is 15.3. The Bertz CT molecular complexity index is 306. The maximum Gasteiger partial charge on any atom is 0.170 e. The summed E-state index contributed by atoms with van der Waals surface area (Å²) in [5, 5.41) is 3.63. The molecular formula is C16H32N2O3. The summed E-state index contributed by atoms with van der Waals surface area (Å²) in [5.74, 6) is -0.330. The molecule has 0 bridgehead atoms. The molecule has 5 nitrogen and oxygen atoms in total. The number of hydrogen-bond donors (Lipinski definition) is 1. The van der Waals surface area contributed by atoms with Gasteiger partial charge in [0.2, 0.25) is 0 Å². The molecule has 1 saturated heterocycles. The molecule has 0 aromatic carbocycles. The Labute approximate surface area is 129 Å². The molecule has 1 saturated carbocycles. The van der Waals surface area contributed by atoms with Crippen LogP contribution in [0.3, 0.4) is 0 Å². The van der Waals surface area contributed by atoms with Gasteiger partial charge < -0.3 is 19.5 Å². The van der Waals surface area contributed by atoms with E-state index in [1.807, 2.05) is 0 Å². The lowest BCUT2D eigenvalue weighted by Gasteiger charge is -2.45. The van der Waals surface area contributed by atoms with Crippen LogP contribution in [0.1, 0.15) is 40.0 Å². The number of nitrogens with one attached hydrogen (secondary N) is 1. The largest absolute Gasteiger partial charge is 0.377 e. The van der Waals surface area contributed by atoms with Gasteiger partial charge in [-0.15, -0.1) is 0 Å². The molecule has 0 radical (unpaired) electrons. The minimum Gasteiger partial charge on any atom is -0.377 e. The number of ether oxygens (including phenoxy) is 3. The second kappa shape index (κ2) is 7.88. The Morgan fingerprint density at radius 1 is 1.33 bits per heavy atom. The molecule has 1 N–H and O–H groups in total. The molecule has 2 aliphatic rings. The van der Waals surface area contributed by atoms with Crippen molar-refractivity contribution in [1.82, 2.24) is 10.2 Å². The van der Waals surface area contributed by atoms with E-state index in [1.54, 1.807) is 0 Å². The third-order valence-electron chi connectivity index (χ3n) is 4.56. The highest BCUT2D eigenvalue weighted by atomic mass is 16.7. The first kappa shape index (κ1) is 17.2. The lowest BCUT2D eigenvalue weighted by molar-refractivity contribution is -0.192. The monoisotopic (exact) mass is 300 g/mol. The predicted octanol–water partition coefficient (Wildman–Crippen LogP) is 1.62. The SMILES string of the molecule is CCNC1CCC2(CC1N(C)CCOC(C)C)OCCO2. The fourth-order valence-corrected chi connectivity index (χ4v) is 3.45. The Hall–Kier alpha value is -0.200. The van der Waals surface area contributed by atoms with Gasteiger partial charge in [-0.25, -0.2) is 0 Å². The molecule has 124 valence electrons. The maximum atomic E-state index is 5.92. The maximum absolute atomic E-state index is 5.92. The van der Waals surface area contributed by atoms with E-state index in [9.17, 15) is 0 Å². The molecule has 0 amide bonds. The molecule has 1 aliphatic heterocycles. The number of nitrogens with zero attached hydrogens (tertiary/aromatic N) is 1. The third kappa shape index (κ3) is 4.63. The van der Waals surface area contributed by atoms with E-state index in [-0.39, 0.29) is 5.79 Å². The molecule has 5 heteroatoms. The Kier molecular flexibility index (Phi) is 6.44. The topological polar surface area (TPSA) is 43.0 Å². The van der Waals surface area contributed by atoms with E-state index in [2.05, 4.69) is 38.0 Å². The van der Waals surface area contributed by atoms with Crippen molar-refractivity contribution in [1.29, 1.82) is 0 Å². The third-order valence-corrected chi connectivity index (χ3v) is 4.56. The molecular weight excluding hydrogens is 268 g/mol. The van der Waals surface area contributed by atoms with Crippen molar-refractivity contribution in [3.63, 3.8) is 0 Å². The minimum atomic E-state index is -0.330. The summed E-state index contributed by atoms with van der Waals surface area (Å²) in [6.07, 6.45) is 3.34. The van der Waals surface area contributed by atoms with Crippen LogP contribution < -0.4 is 5.32 Å². The molecule has 0 aromatic heterocycles. The van der Waals surface area contributed by atoms with E-state index in [1.165, 1.54) is 0 Å². The van der Waals surface area contributed by atoms with Crippen molar-refractivity contribution in [3.05, 3.63) is 0 Å². The summed E-state index contributed by atoms with van der Waals surface area (Å²) in [6, 6.07) is 0.949. The average Bonchev–Trinajstić information content (AvgIpc) is 2.89. The van der Waals surface area contributed by atoms with Crippen molar-refractivity contribution in [2.75, 3.05) is 40.0 Å². The summed E-state index contributed by atoms with van der Waals surface area (Å²) < 4.78 is 17.5. The molecule has 2 rings (SSSR count). The van der Waals surface area contributed by atoms with Gasteiger partial charge >= 0.3 is 0 Å². The van der Waals surface area contributed by atoms with Gasteiger partial charge in [0, 0.05) is 31.5 Å². The summed E-state index contributed by atoms with van der Waals surface area (Å²) in [4.78, 5) is 2.40. The Morgan fingerprint density at radius 2 is 2.05 bits per heavy atom. The fraction of sp³-hybridized carbons (Fsp3) is 1.00. The standard InChI is InChI=1S/C16H32N2O3/c1-5-17-14-6-7-16(20-10-11-21-16)12-15(14)18(4)8-9-19-13(2)3/h13-15,17H,5-12H2,1-4H3. The van der Waals surface area contributed by atoms with Crippen LogP contribution in [0, 0.1) is 0 Å². The second-order valence-corrected chi connectivity index (χ2v) is 6.48. The van der Waals surface area contributed by atoms with E-state index in [0.717, 1.165) is 52.2 Å². The van der Waals surface area contributed by atoms with E-state index >= 15 is 0 Å². The van der Waals surface area contributed by atoms with Gasteiger partial charge in [-0.05, 0) is 33.9 Å². The quantitative estimate of drug-likeness (QED) is 0.774. The molecule has 21 heavy (non-hydrogen) atoms. The number of likely N-dealkylation sites (N-methyl/N-ethyl adjacent to an activating group) is 2. The van der Waals surface area contributed by atoms with Crippen LogP contribution in [0.5, 0.6) is 0 Å². The Morgan fingerprint density at radius 3 is 2.67 bits per heavy atom. The average molecular weight is 300 g/mol. The molecule has 1 aliphatic carbocycles. The molecule has 1 heterocycles. The van der Waals surface area contributed by atoms with Gasteiger partial charge in [0.05, 0.1) is 25.9 Å². The first-order valence-electron chi connectivity index (χ1n) is 8.39. The Balaban J connectivity index is 1.92.